The molecule has 1 amide bonds. The third kappa shape index (κ3) is 2.30. The molecule has 2 fully saturated rings. The lowest BCUT2D eigenvalue weighted by molar-refractivity contribution is -0.133. The Morgan fingerprint density at radius 2 is 2.30 bits per heavy atom. The number of thioether (sulfide) groups is 1. The van der Waals surface area contributed by atoms with Crippen LogP contribution in [0.5, 0.6) is 0 Å². The molecule has 0 aromatic carbocycles. The maximum atomic E-state index is 12.8. The van der Waals surface area contributed by atoms with Crippen molar-refractivity contribution in [1.82, 2.24) is 10.2 Å². The molecule has 1 aliphatic heterocycles. The van der Waals surface area contributed by atoms with Crippen LogP contribution in [0, 0.1) is 0 Å². The number of amides is 1. The summed E-state index contributed by atoms with van der Waals surface area (Å²) >= 11 is 3.64. The van der Waals surface area contributed by atoms with Gasteiger partial charge in [0.25, 0.3) is 0 Å². The molecule has 1 saturated carbocycles. The number of nitrogens with one attached hydrogen (secondary N) is 1. The van der Waals surface area contributed by atoms with Crippen molar-refractivity contribution in [1.29, 1.82) is 0 Å². The lowest BCUT2D eigenvalue weighted by Crippen LogP contribution is -2.43. The molecule has 110 valence electrons. The Balaban J connectivity index is 1.88. The minimum atomic E-state index is -0.414. The minimum absolute atomic E-state index is 0.0528. The SMILES string of the molecule is CCC1(C)NC(c2cccs2)N(CC2(SC)CC2)C1=O. The zero-order valence-electron chi connectivity index (χ0n) is 12.3. The minimum Gasteiger partial charge on any atom is -0.319 e. The summed E-state index contributed by atoms with van der Waals surface area (Å²) in [5, 5.41) is 5.66. The van der Waals surface area contributed by atoms with Gasteiger partial charge in [0.15, 0.2) is 0 Å². The van der Waals surface area contributed by atoms with Gasteiger partial charge in [0.1, 0.15) is 6.17 Å². The maximum Gasteiger partial charge on any atom is 0.244 e. The van der Waals surface area contributed by atoms with Crippen LogP contribution in [0.2, 0.25) is 0 Å². The van der Waals surface area contributed by atoms with Crippen LogP contribution < -0.4 is 5.32 Å². The summed E-state index contributed by atoms with van der Waals surface area (Å²) in [7, 11) is 0. The van der Waals surface area contributed by atoms with Gasteiger partial charge in [0, 0.05) is 16.2 Å². The second-order valence-corrected chi connectivity index (χ2v) is 8.32. The summed E-state index contributed by atoms with van der Waals surface area (Å²) in [6, 6.07) is 4.19. The first-order valence-corrected chi connectivity index (χ1v) is 9.31. The second-order valence-electron chi connectivity index (χ2n) is 6.07. The molecular weight excluding hydrogens is 288 g/mol. The molecule has 2 atom stereocenters. The summed E-state index contributed by atoms with van der Waals surface area (Å²) in [6.07, 6.45) is 5.52. The standard InChI is InChI=1S/C15H22N2OS2/c1-4-14(2)13(18)17(10-15(19-3)7-8-15)12(16-14)11-6-5-9-20-11/h5-6,9,12,16H,4,7-8,10H2,1-3H3. The maximum absolute atomic E-state index is 12.8. The van der Waals surface area contributed by atoms with Crippen LogP contribution >= 0.6 is 23.1 Å². The zero-order valence-corrected chi connectivity index (χ0v) is 13.9. The van der Waals surface area contributed by atoms with Crippen LogP contribution in [0.15, 0.2) is 17.5 Å². The molecule has 20 heavy (non-hydrogen) atoms. The van der Waals surface area contributed by atoms with Crippen LogP contribution in [0.1, 0.15) is 44.2 Å². The van der Waals surface area contributed by atoms with E-state index in [4.69, 9.17) is 0 Å². The van der Waals surface area contributed by atoms with Gasteiger partial charge >= 0.3 is 0 Å². The van der Waals surface area contributed by atoms with Crippen molar-refractivity contribution in [2.45, 2.75) is 49.6 Å². The third-order valence-electron chi connectivity index (χ3n) is 4.72. The van der Waals surface area contributed by atoms with E-state index >= 15 is 0 Å². The highest BCUT2D eigenvalue weighted by Gasteiger charge is 2.52. The molecule has 1 saturated heterocycles. The van der Waals surface area contributed by atoms with E-state index in [1.54, 1.807) is 11.3 Å². The summed E-state index contributed by atoms with van der Waals surface area (Å²) < 4.78 is 0.311. The van der Waals surface area contributed by atoms with E-state index in [9.17, 15) is 4.79 Å². The number of carbonyl (C=O) groups is 1. The molecular formula is C15H22N2OS2. The molecule has 0 bridgehead atoms. The molecule has 1 N–H and O–H groups in total. The quantitative estimate of drug-likeness (QED) is 0.906. The van der Waals surface area contributed by atoms with Crippen LogP contribution in [-0.4, -0.2) is 33.9 Å². The Morgan fingerprint density at radius 1 is 1.55 bits per heavy atom. The van der Waals surface area contributed by atoms with Gasteiger partial charge in [0.05, 0.1) is 5.54 Å². The van der Waals surface area contributed by atoms with E-state index in [2.05, 4.69) is 40.9 Å². The van der Waals surface area contributed by atoms with E-state index in [1.165, 1.54) is 17.7 Å². The average Bonchev–Trinajstić information content (AvgIpc) is 2.93. The number of nitrogens with zero attached hydrogens (tertiary/aromatic N) is 1. The Kier molecular flexibility index (Phi) is 3.63. The van der Waals surface area contributed by atoms with Crippen molar-refractivity contribution in [3.05, 3.63) is 22.4 Å². The molecule has 3 rings (SSSR count). The van der Waals surface area contributed by atoms with Crippen molar-refractivity contribution >= 4 is 29.0 Å². The van der Waals surface area contributed by atoms with Crippen LogP contribution in [-0.2, 0) is 4.79 Å². The lowest BCUT2D eigenvalue weighted by atomic mass is 9.99. The molecule has 3 nitrogen and oxygen atoms in total. The van der Waals surface area contributed by atoms with Crippen molar-refractivity contribution in [3.8, 4) is 0 Å². The van der Waals surface area contributed by atoms with Crippen molar-refractivity contribution < 1.29 is 4.79 Å². The van der Waals surface area contributed by atoms with E-state index in [-0.39, 0.29) is 12.1 Å². The molecule has 1 aliphatic carbocycles. The molecule has 0 spiro atoms. The number of hydrogen-bond acceptors (Lipinski definition) is 4. The van der Waals surface area contributed by atoms with Gasteiger partial charge < -0.3 is 4.90 Å². The lowest BCUT2D eigenvalue weighted by Gasteiger charge is -2.27. The van der Waals surface area contributed by atoms with E-state index in [1.807, 2.05) is 18.7 Å². The summed E-state index contributed by atoms with van der Waals surface area (Å²) in [5.74, 6) is 0.263. The monoisotopic (exact) mass is 310 g/mol. The summed E-state index contributed by atoms with van der Waals surface area (Å²) in [4.78, 5) is 16.2. The van der Waals surface area contributed by atoms with Crippen LogP contribution in [0.4, 0.5) is 0 Å². The van der Waals surface area contributed by atoms with Crippen LogP contribution in [0.3, 0.4) is 0 Å². The fourth-order valence-electron chi connectivity index (χ4n) is 2.84. The molecule has 5 heteroatoms. The smallest absolute Gasteiger partial charge is 0.244 e. The van der Waals surface area contributed by atoms with Gasteiger partial charge in [-0.2, -0.15) is 11.8 Å². The Hall–Kier alpha value is -0.520. The van der Waals surface area contributed by atoms with Crippen LogP contribution in [0.25, 0.3) is 0 Å². The molecule has 2 unspecified atom stereocenters. The normalized spacial score (nSPS) is 31.9. The number of carbonyl (C=O) groups excluding carboxylic acids is 1. The Labute approximate surface area is 129 Å². The number of hydrogen-bond donors (Lipinski definition) is 1. The fraction of sp³-hybridized carbons (Fsp3) is 0.667. The molecule has 2 heterocycles. The highest BCUT2D eigenvalue weighted by molar-refractivity contribution is 8.00. The average molecular weight is 310 g/mol. The molecule has 1 aromatic heterocycles. The van der Waals surface area contributed by atoms with Gasteiger partial charge in [0.2, 0.25) is 5.91 Å². The predicted octanol–water partition coefficient (Wildman–Crippen LogP) is 3.24. The van der Waals surface area contributed by atoms with Gasteiger partial charge in [-0.1, -0.05) is 13.0 Å². The molecule has 1 aromatic rings. The van der Waals surface area contributed by atoms with Crippen molar-refractivity contribution in [2.75, 3.05) is 12.8 Å². The van der Waals surface area contributed by atoms with Gasteiger partial charge in [-0.3, -0.25) is 10.1 Å². The van der Waals surface area contributed by atoms with Gasteiger partial charge in [-0.05, 0) is 43.9 Å². The van der Waals surface area contributed by atoms with Gasteiger partial charge in [-0.25, -0.2) is 0 Å². The first-order valence-electron chi connectivity index (χ1n) is 7.21. The summed E-state index contributed by atoms with van der Waals surface area (Å²) in [5.41, 5.74) is -0.414. The number of rotatable bonds is 5. The zero-order chi connectivity index (χ0) is 14.4. The Bertz CT molecular complexity index is 498. The highest BCUT2D eigenvalue weighted by Crippen LogP contribution is 2.49. The second kappa shape index (κ2) is 5.04. The van der Waals surface area contributed by atoms with Crippen molar-refractivity contribution in [2.24, 2.45) is 0 Å². The van der Waals surface area contributed by atoms with E-state index in [0.29, 0.717) is 4.75 Å². The topological polar surface area (TPSA) is 32.3 Å². The molecule has 0 radical (unpaired) electrons. The summed E-state index contributed by atoms with van der Waals surface area (Å²) in [6.45, 7) is 4.99. The van der Waals surface area contributed by atoms with E-state index < -0.39 is 5.54 Å². The van der Waals surface area contributed by atoms with E-state index in [0.717, 1.165) is 13.0 Å². The molecule has 2 aliphatic rings. The first kappa shape index (κ1) is 14.4. The largest absolute Gasteiger partial charge is 0.319 e. The van der Waals surface area contributed by atoms with Crippen molar-refractivity contribution in [3.63, 3.8) is 0 Å². The highest BCUT2D eigenvalue weighted by atomic mass is 32.2. The Morgan fingerprint density at radius 3 is 2.80 bits per heavy atom. The fourth-order valence-corrected chi connectivity index (χ4v) is 4.41. The first-order chi connectivity index (χ1) is 9.53. The number of thiophene rings is 1. The van der Waals surface area contributed by atoms with Gasteiger partial charge in [-0.15, -0.1) is 11.3 Å². The third-order valence-corrected chi connectivity index (χ3v) is 7.05. The predicted molar refractivity (Wildman–Crippen MR) is 86.1 cm³/mol.